The van der Waals surface area contributed by atoms with Gasteiger partial charge in [0.2, 0.25) is 5.91 Å². The molecule has 0 atom stereocenters. The predicted molar refractivity (Wildman–Crippen MR) is 116 cm³/mol. The van der Waals surface area contributed by atoms with Crippen LogP contribution in [0.25, 0.3) is 0 Å². The molecular weight excluding hydrogens is 482 g/mol. The smallest absolute Gasteiger partial charge is 0.283 e. The van der Waals surface area contributed by atoms with Gasteiger partial charge in [0.25, 0.3) is 12.9 Å². The lowest BCUT2D eigenvalue weighted by molar-refractivity contribution is -0.117. The molecule has 8 nitrogen and oxygen atoms in total. The lowest BCUT2D eigenvalue weighted by Crippen LogP contribution is -2.21. The number of nitrogens with zero attached hydrogens (tertiary/aromatic N) is 4. The minimum Gasteiger partial charge on any atom is -0.490 e. The Bertz CT molecular complexity index is 1140. The van der Waals surface area contributed by atoms with Crippen LogP contribution in [0.1, 0.15) is 43.6 Å². The van der Waals surface area contributed by atoms with Gasteiger partial charge in [0.05, 0.1) is 36.7 Å². The first-order valence-electron chi connectivity index (χ1n) is 10.3. The molecule has 0 aliphatic carbocycles. The zero-order valence-electron chi connectivity index (χ0n) is 18.3. The average Bonchev–Trinajstić information content (AvgIpc) is 3.33. The van der Waals surface area contributed by atoms with E-state index in [2.05, 4.69) is 15.5 Å². The number of ether oxygens (including phenoxy) is 2. The summed E-state index contributed by atoms with van der Waals surface area (Å²) in [5.41, 5.74) is -0.796. The fourth-order valence-corrected chi connectivity index (χ4v) is 3.47. The summed E-state index contributed by atoms with van der Waals surface area (Å²) in [6.45, 7) is 4.32. The molecule has 3 rings (SSSR count). The minimum absolute atomic E-state index is 0.284. The van der Waals surface area contributed by atoms with Gasteiger partial charge in [-0.3, -0.25) is 14.2 Å². The number of carbonyl (C=O) groups is 1. The Kier molecular flexibility index (Phi) is 8.37. The van der Waals surface area contributed by atoms with Gasteiger partial charge in [-0.15, -0.1) is 0 Å². The van der Waals surface area contributed by atoms with E-state index in [-0.39, 0.29) is 5.69 Å². The fourth-order valence-electron chi connectivity index (χ4n) is 3.17. The summed E-state index contributed by atoms with van der Waals surface area (Å²) in [6.07, 6.45) is -3.44. The highest BCUT2D eigenvalue weighted by Crippen LogP contribution is 2.34. The third kappa shape index (κ3) is 5.99. The number of halogens is 5. The summed E-state index contributed by atoms with van der Waals surface area (Å²) < 4.78 is 65.6. The average molecular weight is 504 g/mol. The molecule has 0 saturated heterocycles. The molecule has 184 valence electrons. The Hall–Kier alpha value is -3.28. The first-order valence-corrected chi connectivity index (χ1v) is 10.6. The van der Waals surface area contributed by atoms with Crippen LogP contribution in [0.5, 0.6) is 11.5 Å². The van der Waals surface area contributed by atoms with E-state index in [1.165, 1.54) is 12.4 Å². The molecule has 3 aromatic rings. The third-order valence-electron chi connectivity index (χ3n) is 4.53. The van der Waals surface area contributed by atoms with E-state index in [9.17, 15) is 22.4 Å². The summed E-state index contributed by atoms with van der Waals surface area (Å²) in [5, 5.41) is 9.15. The molecule has 2 heterocycles. The van der Waals surface area contributed by atoms with Gasteiger partial charge < -0.3 is 14.8 Å². The van der Waals surface area contributed by atoms with E-state index in [4.69, 9.17) is 21.1 Å². The Balaban J connectivity index is 1.68. The second-order valence-corrected chi connectivity index (χ2v) is 7.34. The van der Waals surface area contributed by atoms with Crippen molar-refractivity contribution in [2.24, 2.45) is 0 Å². The summed E-state index contributed by atoms with van der Waals surface area (Å²) in [7, 11) is 0. The molecule has 0 aliphatic rings. The fraction of sp³-hybridized carbons (Fsp3) is 0.381. The molecule has 0 bridgehead atoms. The van der Waals surface area contributed by atoms with E-state index >= 15 is 0 Å². The van der Waals surface area contributed by atoms with E-state index in [0.717, 1.165) is 5.56 Å². The first-order chi connectivity index (χ1) is 16.2. The largest absolute Gasteiger partial charge is 0.490 e. The highest BCUT2D eigenvalue weighted by Gasteiger charge is 2.28. The van der Waals surface area contributed by atoms with E-state index < -0.39 is 41.7 Å². The molecule has 0 radical (unpaired) electrons. The maximum Gasteiger partial charge on any atom is 0.283 e. The van der Waals surface area contributed by atoms with Crippen LogP contribution in [0.4, 0.5) is 23.2 Å². The second kappa shape index (κ2) is 11.2. The van der Waals surface area contributed by atoms with Crippen LogP contribution >= 0.6 is 11.6 Å². The Morgan fingerprint density at radius 1 is 1.12 bits per heavy atom. The lowest BCUT2D eigenvalue weighted by atomic mass is 10.2. The highest BCUT2D eigenvalue weighted by atomic mass is 35.5. The molecule has 0 saturated carbocycles. The van der Waals surface area contributed by atoms with Gasteiger partial charge in [-0.25, -0.2) is 17.6 Å². The summed E-state index contributed by atoms with van der Waals surface area (Å²) in [4.78, 5) is 12.3. The van der Waals surface area contributed by atoms with Crippen LogP contribution in [0.15, 0.2) is 30.6 Å². The maximum atomic E-state index is 13.2. The van der Waals surface area contributed by atoms with Gasteiger partial charge in [0.15, 0.2) is 11.5 Å². The number of nitrogens with one attached hydrogen (secondary N) is 1. The van der Waals surface area contributed by atoms with Gasteiger partial charge in [0.1, 0.15) is 17.9 Å². The lowest BCUT2D eigenvalue weighted by Gasteiger charge is -2.12. The maximum absolute atomic E-state index is 13.2. The van der Waals surface area contributed by atoms with Crippen LogP contribution in [-0.2, 0) is 17.9 Å². The number of alkyl halides is 4. The number of hydrogen-bond donors (Lipinski definition) is 1. The van der Waals surface area contributed by atoms with Gasteiger partial charge in [0, 0.05) is 6.20 Å². The van der Waals surface area contributed by atoms with Crippen molar-refractivity contribution in [3.8, 4) is 11.5 Å². The molecular formula is C21H22ClF4N5O3. The Morgan fingerprint density at radius 3 is 2.47 bits per heavy atom. The van der Waals surface area contributed by atoms with Crippen LogP contribution in [0.2, 0.25) is 5.02 Å². The minimum atomic E-state index is -3.18. The number of aromatic nitrogens is 4. The van der Waals surface area contributed by atoms with Gasteiger partial charge in [-0.2, -0.15) is 10.2 Å². The third-order valence-corrected chi connectivity index (χ3v) is 4.92. The van der Waals surface area contributed by atoms with Crippen molar-refractivity contribution in [2.45, 2.75) is 39.8 Å². The Labute approximate surface area is 197 Å². The van der Waals surface area contributed by atoms with Crippen molar-refractivity contribution in [1.29, 1.82) is 0 Å². The standard InChI is InChI=1S/C21H22ClF4N5O3/c1-3-33-14-6-5-12(7-15(14)34-4-2)9-30-10-13(8-27-30)28-16(32)11-31-19(21(25)26)17(22)18(29-31)20(23)24/h5-8,10,20-21H,3-4,9,11H2,1-2H3,(H,28,32). The normalized spacial score (nSPS) is 11.3. The SMILES string of the molecule is CCOc1ccc(Cn2cc(NC(=O)Cn3nc(C(F)F)c(Cl)c3C(F)F)cn2)cc1OCC. The zero-order chi connectivity index (χ0) is 24.8. The molecule has 0 aliphatic heterocycles. The van der Waals surface area contributed by atoms with Gasteiger partial charge >= 0.3 is 0 Å². The second-order valence-electron chi connectivity index (χ2n) is 6.97. The van der Waals surface area contributed by atoms with Gasteiger partial charge in [-0.1, -0.05) is 17.7 Å². The topological polar surface area (TPSA) is 83.2 Å². The van der Waals surface area contributed by atoms with Crippen molar-refractivity contribution in [1.82, 2.24) is 19.6 Å². The Morgan fingerprint density at radius 2 is 1.82 bits per heavy atom. The molecule has 2 aromatic heterocycles. The molecule has 0 spiro atoms. The molecule has 1 aromatic carbocycles. The number of carbonyl (C=O) groups excluding carboxylic acids is 1. The molecule has 34 heavy (non-hydrogen) atoms. The van der Waals surface area contributed by atoms with E-state index in [1.54, 1.807) is 10.7 Å². The van der Waals surface area contributed by atoms with Gasteiger partial charge in [-0.05, 0) is 31.5 Å². The van der Waals surface area contributed by atoms with Crippen LogP contribution in [0.3, 0.4) is 0 Å². The summed E-state index contributed by atoms with van der Waals surface area (Å²) in [5.74, 6) is 0.456. The summed E-state index contributed by atoms with van der Waals surface area (Å²) >= 11 is 5.60. The molecule has 13 heteroatoms. The number of amides is 1. The van der Waals surface area contributed by atoms with Crippen LogP contribution < -0.4 is 14.8 Å². The van der Waals surface area contributed by atoms with E-state index in [1.807, 2.05) is 26.0 Å². The summed E-state index contributed by atoms with van der Waals surface area (Å²) in [6, 6.07) is 5.46. The predicted octanol–water partition coefficient (Wildman–Crippen LogP) is 5.09. The monoisotopic (exact) mass is 503 g/mol. The van der Waals surface area contributed by atoms with Crippen molar-refractivity contribution in [3.05, 3.63) is 52.6 Å². The molecule has 1 N–H and O–H groups in total. The van der Waals surface area contributed by atoms with Crippen molar-refractivity contribution in [2.75, 3.05) is 18.5 Å². The van der Waals surface area contributed by atoms with Crippen molar-refractivity contribution < 1.29 is 31.8 Å². The highest BCUT2D eigenvalue weighted by molar-refractivity contribution is 6.32. The van der Waals surface area contributed by atoms with Crippen LogP contribution in [0, 0.1) is 0 Å². The van der Waals surface area contributed by atoms with Crippen molar-refractivity contribution in [3.63, 3.8) is 0 Å². The molecule has 1 amide bonds. The number of anilines is 1. The zero-order valence-corrected chi connectivity index (χ0v) is 19.0. The molecule has 0 unspecified atom stereocenters. The quantitative estimate of drug-likeness (QED) is 0.368. The van der Waals surface area contributed by atoms with Crippen LogP contribution in [-0.4, -0.2) is 38.7 Å². The number of benzene rings is 1. The van der Waals surface area contributed by atoms with Crippen molar-refractivity contribution >= 4 is 23.2 Å². The number of rotatable bonds is 11. The first kappa shape index (κ1) is 25.3. The molecule has 0 fully saturated rings. The number of hydrogen-bond acceptors (Lipinski definition) is 5. The van der Waals surface area contributed by atoms with E-state index in [0.29, 0.717) is 35.9 Å².